The standard InChI is InChI=1S/C11H12F2O2/c1-7(2)6-15-11(14)9-4-3-8(12)5-10(9)13/h3-5,7H,6H2,1-2H3. The molecule has 0 unspecified atom stereocenters. The minimum atomic E-state index is -0.899. The van der Waals surface area contributed by atoms with Crippen LogP contribution in [-0.4, -0.2) is 12.6 Å². The highest BCUT2D eigenvalue weighted by Crippen LogP contribution is 2.11. The van der Waals surface area contributed by atoms with E-state index < -0.39 is 17.6 Å². The van der Waals surface area contributed by atoms with Gasteiger partial charge in [-0.05, 0) is 18.1 Å². The van der Waals surface area contributed by atoms with Crippen molar-refractivity contribution < 1.29 is 18.3 Å². The van der Waals surface area contributed by atoms with Gasteiger partial charge in [-0.1, -0.05) is 13.8 Å². The van der Waals surface area contributed by atoms with Crippen molar-refractivity contribution in [3.05, 3.63) is 35.4 Å². The molecule has 0 aromatic heterocycles. The molecule has 0 spiro atoms. The highest BCUT2D eigenvalue weighted by molar-refractivity contribution is 5.89. The van der Waals surface area contributed by atoms with E-state index >= 15 is 0 Å². The first kappa shape index (κ1) is 11.6. The average Bonchev–Trinajstić information content (AvgIpc) is 2.14. The molecule has 1 rings (SSSR count). The smallest absolute Gasteiger partial charge is 0.341 e. The highest BCUT2D eigenvalue weighted by atomic mass is 19.1. The number of carbonyl (C=O) groups is 1. The van der Waals surface area contributed by atoms with Crippen LogP contribution in [0.5, 0.6) is 0 Å². The van der Waals surface area contributed by atoms with Crippen molar-refractivity contribution in [3.8, 4) is 0 Å². The van der Waals surface area contributed by atoms with Crippen molar-refractivity contribution in [1.29, 1.82) is 0 Å². The van der Waals surface area contributed by atoms with Gasteiger partial charge < -0.3 is 4.74 Å². The Morgan fingerprint density at radius 3 is 2.60 bits per heavy atom. The van der Waals surface area contributed by atoms with Gasteiger partial charge in [0.05, 0.1) is 12.2 Å². The van der Waals surface area contributed by atoms with E-state index in [1.807, 2.05) is 13.8 Å². The Morgan fingerprint density at radius 2 is 2.07 bits per heavy atom. The van der Waals surface area contributed by atoms with Crippen LogP contribution < -0.4 is 0 Å². The molecule has 0 bridgehead atoms. The maximum Gasteiger partial charge on any atom is 0.341 e. The van der Waals surface area contributed by atoms with E-state index in [-0.39, 0.29) is 18.1 Å². The van der Waals surface area contributed by atoms with E-state index in [1.54, 1.807) is 0 Å². The number of carbonyl (C=O) groups excluding carboxylic acids is 1. The quantitative estimate of drug-likeness (QED) is 0.723. The first-order valence-electron chi connectivity index (χ1n) is 4.63. The van der Waals surface area contributed by atoms with Gasteiger partial charge in [0.15, 0.2) is 0 Å². The van der Waals surface area contributed by atoms with Crippen LogP contribution in [0.3, 0.4) is 0 Å². The molecule has 0 radical (unpaired) electrons. The molecule has 1 aromatic carbocycles. The van der Waals surface area contributed by atoms with Crippen molar-refractivity contribution >= 4 is 5.97 Å². The monoisotopic (exact) mass is 214 g/mol. The predicted molar refractivity (Wildman–Crippen MR) is 51.5 cm³/mol. The van der Waals surface area contributed by atoms with E-state index in [0.29, 0.717) is 6.07 Å². The number of hydrogen-bond donors (Lipinski definition) is 0. The summed E-state index contributed by atoms with van der Waals surface area (Å²) in [4.78, 5) is 11.3. The maximum atomic E-state index is 13.1. The first-order chi connectivity index (χ1) is 7.00. The summed E-state index contributed by atoms with van der Waals surface area (Å²) < 4.78 is 30.4. The fraction of sp³-hybridized carbons (Fsp3) is 0.364. The molecule has 1 aromatic rings. The minimum absolute atomic E-state index is 0.178. The van der Waals surface area contributed by atoms with E-state index in [2.05, 4.69) is 0 Å². The third kappa shape index (κ3) is 3.31. The minimum Gasteiger partial charge on any atom is -0.462 e. The molecule has 15 heavy (non-hydrogen) atoms. The second-order valence-corrected chi connectivity index (χ2v) is 3.62. The molecule has 0 atom stereocenters. The third-order valence-corrected chi connectivity index (χ3v) is 1.70. The van der Waals surface area contributed by atoms with Gasteiger partial charge in [0, 0.05) is 6.07 Å². The molecule has 0 aliphatic carbocycles. The summed E-state index contributed by atoms with van der Waals surface area (Å²) in [5.41, 5.74) is -0.239. The number of esters is 1. The molecule has 0 heterocycles. The molecule has 0 fully saturated rings. The van der Waals surface area contributed by atoms with Crippen molar-refractivity contribution in [2.75, 3.05) is 6.61 Å². The van der Waals surface area contributed by atoms with Gasteiger partial charge in [-0.25, -0.2) is 13.6 Å². The Hall–Kier alpha value is -1.45. The highest BCUT2D eigenvalue weighted by Gasteiger charge is 2.13. The van der Waals surface area contributed by atoms with E-state index in [4.69, 9.17) is 4.74 Å². The molecule has 0 aliphatic heterocycles. The predicted octanol–water partition coefficient (Wildman–Crippen LogP) is 2.78. The van der Waals surface area contributed by atoms with Crippen molar-refractivity contribution in [3.63, 3.8) is 0 Å². The maximum absolute atomic E-state index is 13.1. The summed E-state index contributed by atoms with van der Waals surface area (Å²) in [5, 5.41) is 0. The van der Waals surface area contributed by atoms with Gasteiger partial charge in [0.2, 0.25) is 0 Å². The summed E-state index contributed by atoms with van der Waals surface area (Å²) in [6.45, 7) is 3.96. The zero-order chi connectivity index (χ0) is 11.4. The van der Waals surface area contributed by atoms with Crippen LogP contribution in [0.25, 0.3) is 0 Å². The number of benzene rings is 1. The van der Waals surface area contributed by atoms with Crippen LogP contribution >= 0.6 is 0 Å². The third-order valence-electron chi connectivity index (χ3n) is 1.70. The van der Waals surface area contributed by atoms with Crippen LogP contribution in [0, 0.1) is 17.6 Å². The molecule has 0 saturated heterocycles. The lowest BCUT2D eigenvalue weighted by Gasteiger charge is -2.07. The number of rotatable bonds is 3. The van der Waals surface area contributed by atoms with Gasteiger partial charge in [0.1, 0.15) is 11.6 Å². The SMILES string of the molecule is CC(C)COC(=O)c1ccc(F)cc1F. The Kier molecular flexibility index (Phi) is 3.77. The largest absolute Gasteiger partial charge is 0.462 e. The number of hydrogen-bond acceptors (Lipinski definition) is 2. The zero-order valence-corrected chi connectivity index (χ0v) is 8.59. The number of ether oxygens (including phenoxy) is 1. The molecule has 2 nitrogen and oxygen atoms in total. The average molecular weight is 214 g/mol. The van der Waals surface area contributed by atoms with Crippen LogP contribution in [0.4, 0.5) is 8.78 Å². The van der Waals surface area contributed by atoms with Gasteiger partial charge in [-0.3, -0.25) is 0 Å². The Labute approximate surface area is 86.9 Å². The zero-order valence-electron chi connectivity index (χ0n) is 8.59. The van der Waals surface area contributed by atoms with Gasteiger partial charge in [0.25, 0.3) is 0 Å². The van der Waals surface area contributed by atoms with E-state index in [0.717, 1.165) is 12.1 Å². The fourth-order valence-electron chi connectivity index (χ4n) is 0.975. The molecule has 0 saturated carbocycles. The van der Waals surface area contributed by atoms with Crippen LogP contribution in [0.2, 0.25) is 0 Å². The molecule has 4 heteroatoms. The Bertz CT molecular complexity index is 362. The molecular formula is C11H12F2O2. The van der Waals surface area contributed by atoms with E-state index in [9.17, 15) is 13.6 Å². The van der Waals surface area contributed by atoms with Crippen molar-refractivity contribution in [1.82, 2.24) is 0 Å². The molecule has 0 aliphatic rings. The lowest BCUT2D eigenvalue weighted by molar-refractivity contribution is 0.0453. The topological polar surface area (TPSA) is 26.3 Å². The molecule has 0 amide bonds. The second-order valence-electron chi connectivity index (χ2n) is 3.62. The lowest BCUT2D eigenvalue weighted by atomic mass is 10.2. The van der Waals surface area contributed by atoms with E-state index in [1.165, 1.54) is 0 Å². The summed E-state index contributed by atoms with van der Waals surface area (Å²) in [6, 6.07) is 2.76. The summed E-state index contributed by atoms with van der Waals surface area (Å²) in [5.74, 6) is -2.20. The number of halogens is 2. The van der Waals surface area contributed by atoms with Gasteiger partial charge in [-0.15, -0.1) is 0 Å². The summed E-state index contributed by atoms with van der Waals surface area (Å²) >= 11 is 0. The first-order valence-corrected chi connectivity index (χ1v) is 4.63. The second kappa shape index (κ2) is 4.87. The van der Waals surface area contributed by atoms with Crippen molar-refractivity contribution in [2.45, 2.75) is 13.8 Å². The molecular weight excluding hydrogens is 202 g/mol. The van der Waals surface area contributed by atoms with Gasteiger partial charge in [-0.2, -0.15) is 0 Å². The summed E-state index contributed by atoms with van der Waals surface area (Å²) in [6.07, 6.45) is 0. The normalized spacial score (nSPS) is 10.5. The summed E-state index contributed by atoms with van der Waals surface area (Å²) in [7, 11) is 0. The van der Waals surface area contributed by atoms with Crippen LogP contribution in [0.1, 0.15) is 24.2 Å². The van der Waals surface area contributed by atoms with Gasteiger partial charge >= 0.3 is 5.97 Å². The van der Waals surface area contributed by atoms with Crippen LogP contribution in [0.15, 0.2) is 18.2 Å². The lowest BCUT2D eigenvalue weighted by Crippen LogP contribution is -2.11. The van der Waals surface area contributed by atoms with Crippen molar-refractivity contribution in [2.24, 2.45) is 5.92 Å². The molecule has 82 valence electrons. The fourth-order valence-corrected chi connectivity index (χ4v) is 0.975. The molecule has 0 N–H and O–H groups in total. The Morgan fingerprint density at radius 1 is 1.40 bits per heavy atom. The van der Waals surface area contributed by atoms with Crippen LogP contribution in [-0.2, 0) is 4.74 Å². The Balaban J connectivity index is 2.74.